The minimum atomic E-state index is -0.259. The van der Waals surface area contributed by atoms with Crippen molar-refractivity contribution in [2.75, 3.05) is 0 Å². The Hall–Kier alpha value is -1.68. The lowest BCUT2D eigenvalue weighted by Gasteiger charge is -2.19. The molecule has 1 aliphatic rings. The standard InChI is InChI=1S/C14H17N3O/c1-10-2-4-11(5-3-10)8-14-16-15-13-7-6-12(18)9-17(13)14/h2-5,12,18H,6-9H2,1H3. The summed E-state index contributed by atoms with van der Waals surface area (Å²) in [6, 6.07) is 8.46. The molecule has 1 atom stereocenters. The van der Waals surface area contributed by atoms with Crippen LogP contribution in [0.15, 0.2) is 24.3 Å². The Morgan fingerprint density at radius 1 is 1.28 bits per heavy atom. The summed E-state index contributed by atoms with van der Waals surface area (Å²) in [5.41, 5.74) is 2.49. The molecule has 0 bridgehead atoms. The molecule has 2 aromatic rings. The van der Waals surface area contributed by atoms with Crippen molar-refractivity contribution in [1.29, 1.82) is 0 Å². The van der Waals surface area contributed by atoms with E-state index in [1.807, 2.05) is 0 Å². The monoisotopic (exact) mass is 243 g/mol. The highest BCUT2D eigenvalue weighted by Crippen LogP contribution is 2.17. The molecule has 94 valence electrons. The third-order valence-corrected chi connectivity index (χ3v) is 3.48. The van der Waals surface area contributed by atoms with Crippen LogP contribution in [-0.2, 0) is 19.4 Å². The number of aromatic nitrogens is 3. The average molecular weight is 243 g/mol. The molecule has 0 saturated heterocycles. The van der Waals surface area contributed by atoms with Crippen molar-refractivity contribution >= 4 is 0 Å². The van der Waals surface area contributed by atoms with Crippen molar-refractivity contribution in [3.63, 3.8) is 0 Å². The third-order valence-electron chi connectivity index (χ3n) is 3.48. The summed E-state index contributed by atoms with van der Waals surface area (Å²) in [7, 11) is 0. The molecule has 4 nitrogen and oxygen atoms in total. The van der Waals surface area contributed by atoms with Gasteiger partial charge in [0.25, 0.3) is 0 Å². The molecule has 0 spiro atoms. The highest BCUT2D eigenvalue weighted by molar-refractivity contribution is 5.24. The zero-order chi connectivity index (χ0) is 12.5. The fraction of sp³-hybridized carbons (Fsp3) is 0.429. The van der Waals surface area contributed by atoms with Gasteiger partial charge in [-0.2, -0.15) is 0 Å². The number of nitrogens with zero attached hydrogens (tertiary/aromatic N) is 3. The van der Waals surface area contributed by atoms with Gasteiger partial charge in [0.15, 0.2) is 0 Å². The lowest BCUT2D eigenvalue weighted by atomic mass is 10.1. The molecule has 3 rings (SSSR count). The first kappa shape index (κ1) is 11.4. The van der Waals surface area contributed by atoms with Gasteiger partial charge in [-0.25, -0.2) is 0 Å². The first-order chi connectivity index (χ1) is 8.72. The van der Waals surface area contributed by atoms with Crippen LogP contribution in [0, 0.1) is 6.92 Å². The van der Waals surface area contributed by atoms with Crippen LogP contribution in [-0.4, -0.2) is 26.0 Å². The van der Waals surface area contributed by atoms with E-state index in [-0.39, 0.29) is 6.10 Å². The van der Waals surface area contributed by atoms with E-state index in [0.717, 1.165) is 30.9 Å². The summed E-state index contributed by atoms with van der Waals surface area (Å²) in [4.78, 5) is 0. The minimum absolute atomic E-state index is 0.259. The summed E-state index contributed by atoms with van der Waals surface area (Å²) in [6.07, 6.45) is 2.13. The predicted molar refractivity (Wildman–Crippen MR) is 68.3 cm³/mol. The van der Waals surface area contributed by atoms with E-state index in [4.69, 9.17) is 0 Å². The Bertz CT molecular complexity index is 545. The molecule has 4 heteroatoms. The zero-order valence-electron chi connectivity index (χ0n) is 10.5. The van der Waals surface area contributed by atoms with Crippen LogP contribution in [0.5, 0.6) is 0 Å². The van der Waals surface area contributed by atoms with E-state index < -0.39 is 0 Å². The van der Waals surface area contributed by atoms with Gasteiger partial charge in [0.05, 0.1) is 12.6 Å². The summed E-state index contributed by atoms with van der Waals surface area (Å²) in [5, 5.41) is 18.2. The molecule has 1 N–H and O–H groups in total. The Balaban J connectivity index is 1.85. The number of aliphatic hydroxyl groups is 1. The van der Waals surface area contributed by atoms with E-state index in [0.29, 0.717) is 6.54 Å². The van der Waals surface area contributed by atoms with Crippen LogP contribution < -0.4 is 0 Å². The van der Waals surface area contributed by atoms with Crippen molar-refractivity contribution in [3.8, 4) is 0 Å². The normalized spacial score (nSPS) is 18.7. The fourth-order valence-corrected chi connectivity index (χ4v) is 2.39. The Morgan fingerprint density at radius 3 is 2.83 bits per heavy atom. The molecule has 0 radical (unpaired) electrons. The zero-order valence-corrected chi connectivity index (χ0v) is 10.5. The molecule has 0 saturated carbocycles. The molecular formula is C14H17N3O. The van der Waals surface area contributed by atoms with Crippen LogP contribution in [0.25, 0.3) is 0 Å². The average Bonchev–Trinajstić information content (AvgIpc) is 2.75. The Labute approximate surface area is 106 Å². The van der Waals surface area contributed by atoms with Crippen LogP contribution in [0.3, 0.4) is 0 Å². The van der Waals surface area contributed by atoms with E-state index in [9.17, 15) is 5.11 Å². The number of aliphatic hydroxyl groups excluding tert-OH is 1. The maximum absolute atomic E-state index is 9.72. The van der Waals surface area contributed by atoms with Gasteiger partial charge < -0.3 is 9.67 Å². The molecule has 2 heterocycles. The number of fused-ring (bicyclic) bond motifs is 1. The summed E-state index contributed by atoms with van der Waals surface area (Å²) >= 11 is 0. The lowest BCUT2D eigenvalue weighted by Crippen LogP contribution is -2.25. The molecule has 0 amide bonds. The maximum Gasteiger partial charge on any atom is 0.137 e. The van der Waals surface area contributed by atoms with Crippen molar-refractivity contribution in [2.24, 2.45) is 0 Å². The largest absolute Gasteiger partial charge is 0.391 e. The van der Waals surface area contributed by atoms with Gasteiger partial charge in [-0.05, 0) is 18.9 Å². The highest BCUT2D eigenvalue weighted by atomic mass is 16.3. The minimum Gasteiger partial charge on any atom is -0.391 e. The summed E-state index contributed by atoms with van der Waals surface area (Å²) in [6.45, 7) is 2.71. The second-order valence-corrected chi connectivity index (χ2v) is 5.00. The second-order valence-electron chi connectivity index (χ2n) is 5.00. The van der Waals surface area contributed by atoms with Gasteiger partial charge in [-0.3, -0.25) is 0 Å². The molecular weight excluding hydrogens is 226 g/mol. The number of hydrogen-bond acceptors (Lipinski definition) is 3. The summed E-state index contributed by atoms with van der Waals surface area (Å²) < 4.78 is 2.06. The lowest BCUT2D eigenvalue weighted by molar-refractivity contribution is 0.129. The van der Waals surface area contributed by atoms with Crippen molar-refractivity contribution in [3.05, 3.63) is 47.0 Å². The first-order valence-corrected chi connectivity index (χ1v) is 6.37. The quantitative estimate of drug-likeness (QED) is 0.869. The van der Waals surface area contributed by atoms with Gasteiger partial charge in [-0.1, -0.05) is 29.8 Å². The van der Waals surface area contributed by atoms with E-state index in [2.05, 4.69) is 46.0 Å². The van der Waals surface area contributed by atoms with Crippen molar-refractivity contribution in [1.82, 2.24) is 14.8 Å². The van der Waals surface area contributed by atoms with E-state index >= 15 is 0 Å². The first-order valence-electron chi connectivity index (χ1n) is 6.37. The van der Waals surface area contributed by atoms with E-state index in [1.54, 1.807) is 0 Å². The highest BCUT2D eigenvalue weighted by Gasteiger charge is 2.20. The molecule has 0 fully saturated rings. The van der Waals surface area contributed by atoms with Gasteiger partial charge in [-0.15, -0.1) is 10.2 Å². The number of rotatable bonds is 2. The van der Waals surface area contributed by atoms with Crippen LogP contribution >= 0.6 is 0 Å². The van der Waals surface area contributed by atoms with Crippen molar-refractivity contribution < 1.29 is 5.11 Å². The van der Waals surface area contributed by atoms with Gasteiger partial charge >= 0.3 is 0 Å². The summed E-state index contributed by atoms with van der Waals surface area (Å²) in [5.74, 6) is 1.95. The number of benzene rings is 1. The van der Waals surface area contributed by atoms with E-state index in [1.165, 1.54) is 11.1 Å². The molecule has 0 aliphatic carbocycles. The maximum atomic E-state index is 9.72. The predicted octanol–water partition coefficient (Wildman–Crippen LogP) is 1.48. The van der Waals surface area contributed by atoms with Crippen molar-refractivity contribution in [2.45, 2.75) is 38.8 Å². The molecule has 18 heavy (non-hydrogen) atoms. The van der Waals surface area contributed by atoms with Gasteiger partial charge in [0.1, 0.15) is 11.6 Å². The van der Waals surface area contributed by atoms with Crippen LogP contribution in [0.2, 0.25) is 0 Å². The van der Waals surface area contributed by atoms with Gasteiger partial charge in [0, 0.05) is 12.8 Å². The second kappa shape index (κ2) is 4.53. The van der Waals surface area contributed by atoms with Gasteiger partial charge in [0.2, 0.25) is 0 Å². The molecule has 1 aromatic heterocycles. The molecule has 1 unspecified atom stereocenters. The van der Waals surface area contributed by atoms with Crippen LogP contribution in [0.4, 0.5) is 0 Å². The van der Waals surface area contributed by atoms with Crippen LogP contribution in [0.1, 0.15) is 29.2 Å². The SMILES string of the molecule is Cc1ccc(Cc2nnc3n2CC(O)CC3)cc1. The Morgan fingerprint density at radius 2 is 2.06 bits per heavy atom. The number of hydrogen-bond donors (Lipinski definition) is 1. The Kier molecular flexibility index (Phi) is 2.88. The number of aryl methyl sites for hydroxylation is 2. The molecule has 1 aliphatic heterocycles. The fourth-order valence-electron chi connectivity index (χ4n) is 2.39. The smallest absolute Gasteiger partial charge is 0.137 e. The molecule has 1 aromatic carbocycles. The third kappa shape index (κ3) is 2.16. The topological polar surface area (TPSA) is 50.9 Å².